The largest absolute Gasteiger partial charge is 0.497 e. The van der Waals surface area contributed by atoms with E-state index < -0.39 is 5.82 Å². The van der Waals surface area contributed by atoms with Gasteiger partial charge in [-0.05, 0) is 35.9 Å². The second-order valence-electron chi connectivity index (χ2n) is 5.57. The van der Waals surface area contributed by atoms with Crippen LogP contribution in [0.1, 0.15) is 16.1 Å². The van der Waals surface area contributed by atoms with Crippen LogP contribution in [-0.2, 0) is 6.54 Å². The van der Waals surface area contributed by atoms with Crippen molar-refractivity contribution in [3.8, 4) is 5.75 Å². The van der Waals surface area contributed by atoms with Gasteiger partial charge in [0.15, 0.2) is 0 Å². The summed E-state index contributed by atoms with van der Waals surface area (Å²) in [5, 5.41) is 5.71. The van der Waals surface area contributed by atoms with E-state index >= 15 is 0 Å². The van der Waals surface area contributed by atoms with Gasteiger partial charge in [0, 0.05) is 12.2 Å². The fourth-order valence-electron chi connectivity index (χ4n) is 2.25. The van der Waals surface area contributed by atoms with Gasteiger partial charge in [0.25, 0.3) is 5.91 Å². The average molecular weight is 387 g/mol. The molecule has 0 aliphatic carbocycles. The summed E-state index contributed by atoms with van der Waals surface area (Å²) in [5.41, 5.74) is 1.68. The van der Waals surface area contributed by atoms with Gasteiger partial charge in [-0.25, -0.2) is 14.4 Å². The number of anilines is 2. The number of carbonyl (C=O) groups excluding carboxylic acids is 1. The average Bonchev–Trinajstić information content (AvgIpc) is 2.70. The smallest absolute Gasteiger partial charge is 0.271 e. The SMILES string of the molecule is COc1ccc(CNC(=O)c2cnc(Nc3ccc(F)c(Cl)c3)cn2)cc1. The fourth-order valence-corrected chi connectivity index (χ4v) is 2.43. The summed E-state index contributed by atoms with van der Waals surface area (Å²) in [4.78, 5) is 20.4. The summed E-state index contributed by atoms with van der Waals surface area (Å²) in [7, 11) is 1.60. The van der Waals surface area contributed by atoms with Gasteiger partial charge in [-0.3, -0.25) is 4.79 Å². The number of aromatic nitrogens is 2. The van der Waals surface area contributed by atoms with Crippen LogP contribution in [0.25, 0.3) is 0 Å². The van der Waals surface area contributed by atoms with Crippen LogP contribution in [0.2, 0.25) is 5.02 Å². The van der Waals surface area contributed by atoms with Gasteiger partial charge in [0.2, 0.25) is 0 Å². The Morgan fingerprint density at radius 2 is 1.93 bits per heavy atom. The van der Waals surface area contributed by atoms with Gasteiger partial charge in [-0.2, -0.15) is 0 Å². The number of benzene rings is 2. The highest BCUT2D eigenvalue weighted by molar-refractivity contribution is 6.31. The van der Waals surface area contributed by atoms with Crippen molar-refractivity contribution >= 4 is 29.0 Å². The Labute approximate surface area is 160 Å². The lowest BCUT2D eigenvalue weighted by atomic mass is 10.2. The predicted octanol–water partition coefficient (Wildman–Crippen LogP) is 3.95. The Hall–Kier alpha value is -3.19. The van der Waals surface area contributed by atoms with E-state index in [4.69, 9.17) is 16.3 Å². The number of halogens is 2. The van der Waals surface area contributed by atoms with Crippen molar-refractivity contribution in [2.24, 2.45) is 0 Å². The molecular formula is C19H16ClFN4O2. The standard InChI is InChI=1S/C19H16ClFN4O2/c1-27-14-5-2-12(3-6-14)9-24-19(26)17-10-23-18(11-22-17)25-13-4-7-16(21)15(20)8-13/h2-8,10-11H,9H2,1H3,(H,23,25)(H,24,26). The monoisotopic (exact) mass is 386 g/mol. The number of carbonyl (C=O) groups is 1. The van der Waals surface area contributed by atoms with Crippen molar-refractivity contribution in [2.45, 2.75) is 6.54 Å². The van der Waals surface area contributed by atoms with Gasteiger partial charge in [-0.15, -0.1) is 0 Å². The maximum Gasteiger partial charge on any atom is 0.271 e. The molecule has 1 aromatic heterocycles. The van der Waals surface area contributed by atoms with Crippen molar-refractivity contribution in [3.05, 3.63) is 77.0 Å². The molecule has 0 spiro atoms. The van der Waals surface area contributed by atoms with Gasteiger partial charge in [0.1, 0.15) is 23.1 Å². The van der Waals surface area contributed by atoms with E-state index in [0.717, 1.165) is 11.3 Å². The van der Waals surface area contributed by atoms with E-state index in [9.17, 15) is 9.18 Å². The third kappa shape index (κ3) is 4.92. The third-order valence-corrected chi connectivity index (χ3v) is 3.98. The summed E-state index contributed by atoms with van der Waals surface area (Å²) >= 11 is 5.74. The molecule has 0 aliphatic rings. The van der Waals surface area contributed by atoms with E-state index in [-0.39, 0.29) is 16.6 Å². The number of ether oxygens (including phenoxy) is 1. The molecule has 8 heteroatoms. The Bertz CT molecular complexity index is 933. The fraction of sp³-hybridized carbons (Fsp3) is 0.105. The summed E-state index contributed by atoms with van der Waals surface area (Å²) in [5.74, 6) is 0.317. The van der Waals surface area contributed by atoms with Crippen LogP contribution >= 0.6 is 11.6 Å². The van der Waals surface area contributed by atoms with Gasteiger partial charge < -0.3 is 15.4 Å². The van der Waals surface area contributed by atoms with E-state index in [0.29, 0.717) is 18.1 Å². The molecule has 0 saturated carbocycles. The number of hydrogen-bond acceptors (Lipinski definition) is 5. The molecule has 6 nitrogen and oxygen atoms in total. The topological polar surface area (TPSA) is 76.1 Å². The predicted molar refractivity (Wildman–Crippen MR) is 101 cm³/mol. The zero-order valence-electron chi connectivity index (χ0n) is 14.4. The Kier molecular flexibility index (Phi) is 5.83. The van der Waals surface area contributed by atoms with Crippen molar-refractivity contribution in [1.29, 1.82) is 0 Å². The van der Waals surface area contributed by atoms with Gasteiger partial charge >= 0.3 is 0 Å². The first-order valence-corrected chi connectivity index (χ1v) is 8.38. The molecule has 2 N–H and O–H groups in total. The molecule has 0 saturated heterocycles. The minimum atomic E-state index is -0.503. The molecule has 0 bridgehead atoms. The van der Waals surface area contributed by atoms with Crippen LogP contribution in [-0.4, -0.2) is 23.0 Å². The summed E-state index contributed by atoms with van der Waals surface area (Å²) in [6, 6.07) is 11.6. The van der Waals surface area contributed by atoms with E-state index in [1.54, 1.807) is 7.11 Å². The zero-order chi connectivity index (χ0) is 19.2. The number of methoxy groups -OCH3 is 1. The normalized spacial score (nSPS) is 10.3. The molecule has 0 unspecified atom stereocenters. The van der Waals surface area contributed by atoms with Crippen LogP contribution in [0.5, 0.6) is 5.75 Å². The molecule has 0 aliphatic heterocycles. The van der Waals surface area contributed by atoms with Crippen molar-refractivity contribution in [1.82, 2.24) is 15.3 Å². The molecule has 1 heterocycles. The first-order valence-electron chi connectivity index (χ1n) is 8.00. The summed E-state index contributed by atoms with van der Waals surface area (Å²) in [6.45, 7) is 0.360. The lowest BCUT2D eigenvalue weighted by Gasteiger charge is -2.08. The highest BCUT2D eigenvalue weighted by atomic mass is 35.5. The molecule has 1 amide bonds. The Balaban J connectivity index is 1.58. The number of amides is 1. The van der Waals surface area contributed by atoms with Gasteiger partial charge in [0.05, 0.1) is 24.5 Å². The maximum atomic E-state index is 13.2. The number of rotatable bonds is 6. The van der Waals surface area contributed by atoms with Crippen LogP contribution < -0.4 is 15.4 Å². The van der Waals surface area contributed by atoms with E-state index in [1.807, 2.05) is 24.3 Å². The minimum absolute atomic E-state index is 0.00230. The third-order valence-electron chi connectivity index (χ3n) is 3.69. The molecular weight excluding hydrogens is 371 g/mol. The second kappa shape index (κ2) is 8.46. The molecule has 3 aromatic rings. The molecule has 0 fully saturated rings. The number of nitrogens with one attached hydrogen (secondary N) is 2. The van der Waals surface area contributed by atoms with Crippen LogP contribution in [0.4, 0.5) is 15.9 Å². The molecule has 2 aromatic carbocycles. The second-order valence-corrected chi connectivity index (χ2v) is 5.98. The summed E-state index contributed by atoms with van der Waals surface area (Å²) in [6.07, 6.45) is 2.77. The van der Waals surface area contributed by atoms with Crippen molar-refractivity contribution in [2.75, 3.05) is 12.4 Å². The van der Waals surface area contributed by atoms with Crippen molar-refractivity contribution < 1.29 is 13.9 Å². The molecule has 27 heavy (non-hydrogen) atoms. The number of nitrogens with zero attached hydrogens (tertiary/aromatic N) is 2. The minimum Gasteiger partial charge on any atom is -0.497 e. The molecule has 138 valence electrons. The van der Waals surface area contributed by atoms with Crippen molar-refractivity contribution in [3.63, 3.8) is 0 Å². The molecule has 0 radical (unpaired) electrons. The first kappa shape index (κ1) is 18.6. The van der Waals surface area contributed by atoms with Crippen LogP contribution in [0.15, 0.2) is 54.9 Å². The zero-order valence-corrected chi connectivity index (χ0v) is 15.1. The van der Waals surface area contributed by atoms with E-state index in [2.05, 4.69) is 20.6 Å². The van der Waals surface area contributed by atoms with Crippen LogP contribution in [0, 0.1) is 5.82 Å². The Morgan fingerprint density at radius 3 is 2.56 bits per heavy atom. The lowest BCUT2D eigenvalue weighted by molar-refractivity contribution is 0.0945. The first-order chi connectivity index (χ1) is 13.0. The van der Waals surface area contributed by atoms with Gasteiger partial charge in [-0.1, -0.05) is 23.7 Å². The highest BCUT2D eigenvalue weighted by Crippen LogP contribution is 2.21. The Morgan fingerprint density at radius 1 is 1.15 bits per heavy atom. The molecule has 0 atom stereocenters. The maximum absolute atomic E-state index is 13.2. The summed E-state index contributed by atoms with van der Waals surface area (Å²) < 4.78 is 18.3. The lowest BCUT2D eigenvalue weighted by Crippen LogP contribution is -2.24. The quantitative estimate of drug-likeness (QED) is 0.670. The van der Waals surface area contributed by atoms with E-state index in [1.165, 1.54) is 30.6 Å². The molecule has 3 rings (SSSR count). The number of hydrogen-bond donors (Lipinski definition) is 2. The van der Waals surface area contributed by atoms with Crippen LogP contribution in [0.3, 0.4) is 0 Å². The highest BCUT2D eigenvalue weighted by Gasteiger charge is 2.08.